The van der Waals surface area contributed by atoms with Crippen molar-refractivity contribution >= 4 is 17.7 Å². The van der Waals surface area contributed by atoms with Gasteiger partial charge in [-0.15, -0.1) is 0 Å². The maximum absolute atomic E-state index is 13.6. The Hall–Kier alpha value is -2.04. The first-order valence-corrected chi connectivity index (χ1v) is 8.79. The van der Waals surface area contributed by atoms with Crippen LogP contribution in [-0.4, -0.2) is 40.6 Å². The van der Waals surface area contributed by atoms with E-state index in [1.807, 2.05) is 13.0 Å². The van der Waals surface area contributed by atoms with Gasteiger partial charge in [-0.3, -0.25) is 4.90 Å². The van der Waals surface area contributed by atoms with Crippen LogP contribution in [0.3, 0.4) is 0 Å². The van der Waals surface area contributed by atoms with Crippen molar-refractivity contribution in [1.29, 1.82) is 5.26 Å². The molecule has 8 heteroatoms. The van der Waals surface area contributed by atoms with Gasteiger partial charge in [0.1, 0.15) is 29.5 Å². The maximum Gasteiger partial charge on any atom is 0.409 e. The number of nitriles is 1. The zero-order chi connectivity index (χ0) is 19.5. The quantitative estimate of drug-likeness (QED) is 0.785. The van der Waals surface area contributed by atoms with E-state index in [1.165, 1.54) is 11.0 Å². The molecule has 26 heavy (non-hydrogen) atoms. The molecule has 0 bridgehead atoms. The van der Waals surface area contributed by atoms with Crippen LogP contribution in [0, 0.1) is 17.1 Å². The number of carboxylic acid groups (broad SMARTS) is 1. The third-order valence-corrected chi connectivity index (χ3v) is 4.65. The highest BCUT2D eigenvalue weighted by molar-refractivity contribution is 6.30. The van der Waals surface area contributed by atoms with Gasteiger partial charge in [0.25, 0.3) is 0 Å². The number of amides is 1. The predicted octanol–water partition coefficient (Wildman–Crippen LogP) is 4.40. The number of benzene rings is 1. The summed E-state index contributed by atoms with van der Waals surface area (Å²) in [4.78, 5) is 12.9. The highest BCUT2D eigenvalue weighted by Crippen LogP contribution is 2.32. The fourth-order valence-electron chi connectivity index (χ4n) is 3.19. The van der Waals surface area contributed by atoms with Crippen molar-refractivity contribution in [3.05, 3.63) is 28.5 Å². The Balaban J connectivity index is 2.21. The van der Waals surface area contributed by atoms with Crippen LogP contribution >= 0.6 is 11.6 Å². The zero-order valence-electron chi connectivity index (χ0n) is 15.0. The molecule has 1 heterocycles. The van der Waals surface area contributed by atoms with E-state index in [4.69, 9.17) is 21.1 Å². The van der Waals surface area contributed by atoms with Crippen molar-refractivity contribution in [3.8, 4) is 11.8 Å². The van der Waals surface area contributed by atoms with Crippen molar-refractivity contribution in [2.24, 2.45) is 0 Å². The van der Waals surface area contributed by atoms with Crippen LogP contribution in [0.15, 0.2) is 12.1 Å². The second kappa shape index (κ2) is 8.11. The standard InChI is InChI=1S/C18H22ClFN2O4/c1-4-5-13(7-12-10-25-18(2,3)22(12)17(23)24)26-16-8-14(19)15(20)6-11(16)9-21/h6,8,12-13H,4-5,7,10H2,1-3H3,(H,23,24)/t12-,13+/m0/s1. The number of hydrogen-bond acceptors (Lipinski definition) is 4. The predicted molar refractivity (Wildman–Crippen MR) is 93.7 cm³/mol. The molecule has 1 aliphatic heterocycles. The molecule has 6 nitrogen and oxygen atoms in total. The average Bonchev–Trinajstić information content (AvgIpc) is 2.85. The van der Waals surface area contributed by atoms with Crippen molar-refractivity contribution < 1.29 is 23.8 Å². The van der Waals surface area contributed by atoms with Crippen molar-refractivity contribution in [3.63, 3.8) is 0 Å². The maximum atomic E-state index is 13.6. The fraction of sp³-hybridized carbons (Fsp3) is 0.556. The minimum absolute atomic E-state index is 0.0473. The molecular formula is C18H22ClFN2O4. The van der Waals surface area contributed by atoms with Crippen LogP contribution in [0.2, 0.25) is 5.02 Å². The topological polar surface area (TPSA) is 82.8 Å². The number of nitrogens with zero attached hydrogens (tertiary/aromatic N) is 2. The number of rotatable bonds is 6. The van der Waals surface area contributed by atoms with Gasteiger partial charge in [0.05, 0.1) is 23.2 Å². The van der Waals surface area contributed by atoms with E-state index in [1.54, 1.807) is 13.8 Å². The van der Waals surface area contributed by atoms with E-state index < -0.39 is 17.6 Å². The van der Waals surface area contributed by atoms with Crippen LogP contribution in [0.25, 0.3) is 0 Å². The lowest BCUT2D eigenvalue weighted by molar-refractivity contribution is -0.0428. The molecular weight excluding hydrogens is 363 g/mol. The molecule has 142 valence electrons. The summed E-state index contributed by atoms with van der Waals surface area (Å²) >= 11 is 5.81. The van der Waals surface area contributed by atoms with E-state index in [2.05, 4.69) is 0 Å². The summed E-state index contributed by atoms with van der Waals surface area (Å²) in [6.45, 7) is 5.64. The molecule has 0 saturated carbocycles. The Morgan fingerprint density at radius 1 is 1.62 bits per heavy atom. The van der Waals surface area contributed by atoms with E-state index in [-0.39, 0.29) is 35.1 Å². The molecule has 2 atom stereocenters. The lowest BCUT2D eigenvalue weighted by Gasteiger charge is -2.32. The minimum Gasteiger partial charge on any atom is -0.489 e. The molecule has 1 aromatic carbocycles. The van der Waals surface area contributed by atoms with Gasteiger partial charge in [0, 0.05) is 12.5 Å². The van der Waals surface area contributed by atoms with Gasteiger partial charge in [-0.25, -0.2) is 9.18 Å². The Morgan fingerprint density at radius 2 is 2.31 bits per heavy atom. The largest absolute Gasteiger partial charge is 0.489 e. The molecule has 0 radical (unpaired) electrons. The molecule has 0 spiro atoms. The van der Waals surface area contributed by atoms with Gasteiger partial charge >= 0.3 is 6.09 Å². The third-order valence-electron chi connectivity index (χ3n) is 4.36. The van der Waals surface area contributed by atoms with E-state index >= 15 is 0 Å². The molecule has 1 aromatic rings. The molecule has 2 rings (SSSR count). The van der Waals surface area contributed by atoms with E-state index in [0.717, 1.165) is 12.5 Å². The van der Waals surface area contributed by atoms with Crippen LogP contribution in [-0.2, 0) is 4.74 Å². The number of hydrogen-bond donors (Lipinski definition) is 1. The summed E-state index contributed by atoms with van der Waals surface area (Å²) in [7, 11) is 0. The molecule has 0 aromatic heterocycles. The summed E-state index contributed by atoms with van der Waals surface area (Å²) in [5.74, 6) is -0.497. The van der Waals surface area contributed by atoms with Gasteiger partial charge < -0.3 is 14.6 Å². The molecule has 1 aliphatic rings. The lowest BCUT2D eigenvalue weighted by Crippen LogP contribution is -2.48. The summed E-state index contributed by atoms with van der Waals surface area (Å²) < 4.78 is 25.1. The first kappa shape index (κ1) is 20.3. The summed E-state index contributed by atoms with van der Waals surface area (Å²) in [6.07, 6.45) is 0.410. The van der Waals surface area contributed by atoms with Gasteiger partial charge in [-0.2, -0.15) is 5.26 Å². The molecule has 0 aliphatic carbocycles. The summed E-state index contributed by atoms with van der Waals surface area (Å²) in [5, 5.41) is 18.6. The Kier molecular flexibility index (Phi) is 6.32. The molecule has 1 N–H and O–H groups in total. The lowest BCUT2D eigenvalue weighted by atomic mass is 10.0. The highest BCUT2D eigenvalue weighted by atomic mass is 35.5. The first-order valence-electron chi connectivity index (χ1n) is 8.41. The van der Waals surface area contributed by atoms with Crippen molar-refractivity contribution in [2.45, 2.75) is 57.9 Å². The van der Waals surface area contributed by atoms with Crippen molar-refractivity contribution in [2.75, 3.05) is 6.61 Å². The second-order valence-electron chi connectivity index (χ2n) is 6.70. The Bertz CT molecular complexity index is 720. The minimum atomic E-state index is -1.06. The molecule has 1 fully saturated rings. The Labute approximate surface area is 157 Å². The summed E-state index contributed by atoms with van der Waals surface area (Å²) in [6, 6.07) is 3.83. The highest BCUT2D eigenvalue weighted by Gasteiger charge is 2.44. The summed E-state index contributed by atoms with van der Waals surface area (Å²) in [5.41, 5.74) is -0.865. The third kappa shape index (κ3) is 4.37. The van der Waals surface area contributed by atoms with Crippen LogP contribution in [0.4, 0.5) is 9.18 Å². The first-order chi connectivity index (χ1) is 12.2. The zero-order valence-corrected chi connectivity index (χ0v) is 15.7. The van der Waals surface area contributed by atoms with Crippen LogP contribution in [0.5, 0.6) is 5.75 Å². The molecule has 0 unspecified atom stereocenters. The number of carbonyl (C=O) groups is 1. The SMILES string of the molecule is CCC[C@H](C[C@H]1COC(C)(C)N1C(=O)O)Oc1cc(Cl)c(F)cc1C#N. The van der Waals surface area contributed by atoms with E-state index in [0.29, 0.717) is 12.8 Å². The second-order valence-corrected chi connectivity index (χ2v) is 7.11. The monoisotopic (exact) mass is 384 g/mol. The smallest absolute Gasteiger partial charge is 0.409 e. The van der Waals surface area contributed by atoms with Gasteiger partial charge in [0.15, 0.2) is 0 Å². The van der Waals surface area contributed by atoms with Crippen LogP contribution < -0.4 is 4.74 Å². The number of ether oxygens (including phenoxy) is 2. The van der Waals surface area contributed by atoms with Crippen molar-refractivity contribution in [1.82, 2.24) is 4.90 Å². The average molecular weight is 385 g/mol. The normalized spacial score (nSPS) is 19.8. The fourth-order valence-corrected chi connectivity index (χ4v) is 3.34. The van der Waals surface area contributed by atoms with Crippen LogP contribution in [0.1, 0.15) is 45.6 Å². The van der Waals surface area contributed by atoms with Gasteiger partial charge in [-0.05, 0) is 26.3 Å². The van der Waals surface area contributed by atoms with E-state index in [9.17, 15) is 19.6 Å². The van der Waals surface area contributed by atoms with Gasteiger partial charge in [-0.1, -0.05) is 24.9 Å². The Morgan fingerprint density at radius 3 is 2.88 bits per heavy atom. The molecule has 1 amide bonds. The van der Waals surface area contributed by atoms with Gasteiger partial charge in [0.2, 0.25) is 0 Å². The number of halogens is 2. The molecule has 1 saturated heterocycles.